The topological polar surface area (TPSA) is 97.1 Å². The minimum Gasteiger partial charge on any atom is -0.467 e. The van der Waals surface area contributed by atoms with Crippen molar-refractivity contribution < 1.29 is 14.0 Å². The van der Waals surface area contributed by atoms with Crippen LogP contribution < -0.4 is 10.6 Å². The molecular weight excluding hydrogens is 400 g/mol. The van der Waals surface area contributed by atoms with E-state index in [4.69, 9.17) is 4.42 Å². The van der Waals surface area contributed by atoms with E-state index in [0.717, 1.165) is 22.0 Å². The van der Waals surface area contributed by atoms with Gasteiger partial charge in [0.05, 0.1) is 18.6 Å². The molecule has 0 saturated carbocycles. The van der Waals surface area contributed by atoms with Crippen molar-refractivity contribution in [2.45, 2.75) is 11.6 Å². The summed E-state index contributed by atoms with van der Waals surface area (Å²) in [5.41, 5.74) is 1.76. The molecule has 0 aliphatic carbocycles. The molecule has 2 heterocycles. The highest BCUT2D eigenvalue weighted by Crippen LogP contribution is 2.31. The van der Waals surface area contributed by atoms with Crippen LogP contribution in [0.15, 0.2) is 82.4 Å². The minimum atomic E-state index is -0.577. The fourth-order valence-electron chi connectivity index (χ4n) is 2.92. The van der Waals surface area contributed by atoms with Crippen molar-refractivity contribution in [2.75, 3.05) is 5.75 Å². The first kappa shape index (κ1) is 19.7. The van der Waals surface area contributed by atoms with Gasteiger partial charge >= 0.3 is 6.03 Å². The molecule has 0 bridgehead atoms. The van der Waals surface area contributed by atoms with Crippen LogP contribution in [0.1, 0.15) is 5.76 Å². The second-order valence-electron chi connectivity index (χ2n) is 6.36. The fraction of sp³-hybridized carbons (Fsp3) is 0.0909. The summed E-state index contributed by atoms with van der Waals surface area (Å²) in [6.07, 6.45) is 1.52. The third-order valence-electron chi connectivity index (χ3n) is 4.30. The Bertz CT molecular complexity index is 1160. The van der Waals surface area contributed by atoms with Crippen molar-refractivity contribution in [3.8, 4) is 11.3 Å². The normalized spacial score (nSPS) is 10.7. The van der Waals surface area contributed by atoms with Crippen LogP contribution >= 0.6 is 11.8 Å². The number of amides is 3. The third kappa shape index (κ3) is 4.66. The monoisotopic (exact) mass is 418 g/mol. The van der Waals surface area contributed by atoms with Crippen LogP contribution in [0, 0.1) is 0 Å². The Balaban J connectivity index is 1.42. The van der Waals surface area contributed by atoms with Gasteiger partial charge in [-0.15, -0.1) is 10.2 Å². The molecule has 0 atom stereocenters. The number of fused-ring (bicyclic) bond motifs is 1. The predicted molar refractivity (Wildman–Crippen MR) is 115 cm³/mol. The number of carbonyl (C=O) groups is 2. The summed E-state index contributed by atoms with van der Waals surface area (Å²) in [7, 11) is 0. The minimum absolute atomic E-state index is 0.0392. The molecule has 0 aliphatic rings. The van der Waals surface area contributed by atoms with Gasteiger partial charge in [-0.1, -0.05) is 66.4 Å². The summed E-state index contributed by atoms with van der Waals surface area (Å²) < 4.78 is 5.13. The number of nitrogens with zero attached hydrogens (tertiary/aromatic N) is 2. The van der Waals surface area contributed by atoms with Crippen LogP contribution in [-0.4, -0.2) is 27.9 Å². The van der Waals surface area contributed by atoms with Crippen LogP contribution in [0.4, 0.5) is 4.79 Å². The number of carbonyl (C=O) groups excluding carboxylic acids is 2. The first-order chi connectivity index (χ1) is 14.7. The molecule has 4 aromatic rings. The fourth-order valence-corrected chi connectivity index (χ4v) is 3.69. The van der Waals surface area contributed by atoms with Gasteiger partial charge in [0.25, 0.3) is 0 Å². The molecule has 4 rings (SSSR count). The standard InChI is InChI=1S/C22H18N4O3S/c27-19(24-22(28)23-13-16-9-6-12-29-16)14-30-21-18-11-5-4-10-17(18)20(25-26-21)15-7-2-1-3-8-15/h1-12H,13-14H2,(H2,23,24,27,28). The molecule has 0 saturated heterocycles. The smallest absolute Gasteiger partial charge is 0.321 e. The number of furan rings is 1. The van der Waals surface area contributed by atoms with Gasteiger partial charge in [-0.25, -0.2) is 4.79 Å². The highest BCUT2D eigenvalue weighted by atomic mass is 32.2. The number of nitrogens with one attached hydrogen (secondary N) is 2. The molecule has 3 amide bonds. The molecule has 7 nitrogen and oxygen atoms in total. The molecule has 2 N–H and O–H groups in total. The van der Waals surface area contributed by atoms with Gasteiger partial charge in [-0.05, 0) is 12.1 Å². The zero-order valence-corrected chi connectivity index (χ0v) is 16.7. The van der Waals surface area contributed by atoms with Gasteiger partial charge in [0.1, 0.15) is 16.5 Å². The number of aromatic nitrogens is 2. The zero-order chi connectivity index (χ0) is 20.8. The van der Waals surface area contributed by atoms with Crippen molar-refractivity contribution in [2.24, 2.45) is 0 Å². The van der Waals surface area contributed by atoms with Gasteiger partial charge < -0.3 is 9.73 Å². The first-order valence-corrected chi connectivity index (χ1v) is 10.2. The molecular formula is C22H18N4O3S. The number of hydrogen-bond donors (Lipinski definition) is 2. The van der Waals surface area contributed by atoms with E-state index < -0.39 is 11.9 Å². The van der Waals surface area contributed by atoms with Gasteiger partial charge in [0.2, 0.25) is 5.91 Å². The number of rotatable bonds is 6. The Morgan fingerprint density at radius 3 is 2.43 bits per heavy atom. The largest absolute Gasteiger partial charge is 0.467 e. The van der Waals surface area contributed by atoms with E-state index in [9.17, 15) is 9.59 Å². The van der Waals surface area contributed by atoms with E-state index in [2.05, 4.69) is 20.8 Å². The molecule has 8 heteroatoms. The number of imide groups is 1. The van der Waals surface area contributed by atoms with Crippen LogP contribution in [0.2, 0.25) is 0 Å². The van der Waals surface area contributed by atoms with E-state index in [-0.39, 0.29) is 12.3 Å². The molecule has 0 radical (unpaired) electrons. The van der Waals surface area contributed by atoms with E-state index in [0.29, 0.717) is 10.8 Å². The molecule has 2 aromatic carbocycles. The highest BCUT2D eigenvalue weighted by molar-refractivity contribution is 8.00. The van der Waals surface area contributed by atoms with Crippen LogP contribution in [0.3, 0.4) is 0 Å². The second-order valence-corrected chi connectivity index (χ2v) is 7.33. The molecule has 30 heavy (non-hydrogen) atoms. The summed E-state index contributed by atoms with van der Waals surface area (Å²) >= 11 is 1.24. The summed E-state index contributed by atoms with van der Waals surface area (Å²) in [5.74, 6) is 0.222. The number of thioether (sulfide) groups is 1. The molecule has 0 unspecified atom stereocenters. The second kappa shape index (κ2) is 9.23. The van der Waals surface area contributed by atoms with E-state index in [1.54, 1.807) is 12.1 Å². The lowest BCUT2D eigenvalue weighted by molar-refractivity contribution is -0.117. The lowest BCUT2D eigenvalue weighted by Crippen LogP contribution is -2.39. The third-order valence-corrected chi connectivity index (χ3v) is 5.28. The van der Waals surface area contributed by atoms with Gasteiger partial charge in [0.15, 0.2) is 0 Å². The van der Waals surface area contributed by atoms with Gasteiger partial charge in [0, 0.05) is 16.3 Å². The maximum Gasteiger partial charge on any atom is 0.321 e. The zero-order valence-electron chi connectivity index (χ0n) is 15.9. The average molecular weight is 418 g/mol. The maximum absolute atomic E-state index is 12.1. The number of urea groups is 1. The first-order valence-electron chi connectivity index (χ1n) is 9.24. The molecule has 150 valence electrons. The lowest BCUT2D eigenvalue weighted by atomic mass is 10.1. The van der Waals surface area contributed by atoms with Crippen LogP contribution in [0.25, 0.3) is 22.0 Å². The Morgan fingerprint density at radius 1 is 0.900 bits per heavy atom. The van der Waals surface area contributed by atoms with Gasteiger partial charge in [-0.3, -0.25) is 10.1 Å². The van der Waals surface area contributed by atoms with Crippen molar-refractivity contribution in [1.82, 2.24) is 20.8 Å². The Morgan fingerprint density at radius 2 is 1.67 bits per heavy atom. The molecule has 0 fully saturated rings. The Labute approximate surface area is 176 Å². The summed E-state index contributed by atoms with van der Waals surface area (Å²) in [5, 5.41) is 16.1. The molecule has 0 aliphatic heterocycles. The van der Waals surface area contributed by atoms with Gasteiger partial charge in [-0.2, -0.15) is 0 Å². The lowest BCUT2D eigenvalue weighted by Gasteiger charge is -2.09. The highest BCUT2D eigenvalue weighted by Gasteiger charge is 2.14. The maximum atomic E-state index is 12.1. The summed E-state index contributed by atoms with van der Waals surface area (Å²) in [4.78, 5) is 24.0. The summed E-state index contributed by atoms with van der Waals surface area (Å²) in [6, 6.07) is 20.5. The van der Waals surface area contributed by atoms with Crippen molar-refractivity contribution in [1.29, 1.82) is 0 Å². The molecule has 0 spiro atoms. The Kier molecular flexibility index (Phi) is 6.05. The van der Waals surface area contributed by atoms with Crippen LogP contribution in [0.5, 0.6) is 0 Å². The van der Waals surface area contributed by atoms with Crippen molar-refractivity contribution in [3.63, 3.8) is 0 Å². The molecule has 2 aromatic heterocycles. The summed E-state index contributed by atoms with van der Waals surface area (Å²) in [6.45, 7) is 0.205. The predicted octanol–water partition coefficient (Wildman–Crippen LogP) is 4.01. The van der Waals surface area contributed by atoms with E-state index >= 15 is 0 Å². The van der Waals surface area contributed by atoms with Crippen LogP contribution in [-0.2, 0) is 11.3 Å². The van der Waals surface area contributed by atoms with E-state index in [1.807, 2.05) is 54.6 Å². The number of hydrogen-bond acceptors (Lipinski definition) is 6. The quantitative estimate of drug-likeness (QED) is 0.459. The SMILES string of the molecule is O=C(CSc1nnc(-c2ccccc2)c2ccccc12)NC(=O)NCc1ccco1. The van der Waals surface area contributed by atoms with E-state index in [1.165, 1.54) is 18.0 Å². The van der Waals surface area contributed by atoms with Crippen molar-refractivity contribution in [3.05, 3.63) is 78.8 Å². The van der Waals surface area contributed by atoms with Crippen molar-refractivity contribution >= 4 is 34.5 Å². The Hall–Kier alpha value is -3.65. The average Bonchev–Trinajstić information content (AvgIpc) is 3.30. The number of benzene rings is 2.